The van der Waals surface area contributed by atoms with Crippen LogP contribution >= 0.6 is 0 Å². The Labute approximate surface area is 129 Å². The van der Waals surface area contributed by atoms with Gasteiger partial charge in [-0.25, -0.2) is 13.6 Å². The highest BCUT2D eigenvalue weighted by molar-refractivity contribution is 7.89. The van der Waals surface area contributed by atoms with E-state index in [0.717, 1.165) is 17.8 Å². The third kappa shape index (κ3) is 4.06. The first-order valence-electron chi connectivity index (χ1n) is 6.70. The van der Waals surface area contributed by atoms with Crippen LogP contribution in [0.1, 0.15) is 12.5 Å². The van der Waals surface area contributed by atoms with E-state index in [0.29, 0.717) is 11.4 Å². The molecule has 5 N–H and O–H groups in total. The zero-order valence-corrected chi connectivity index (χ0v) is 13.0. The number of benzene rings is 2. The molecule has 116 valence electrons. The second-order valence-electron chi connectivity index (χ2n) is 4.67. The second-order valence-corrected chi connectivity index (χ2v) is 6.24. The molecule has 22 heavy (non-hydrogen) atoms. The SMILES string of the molecule is CCNc1cc(C=Nc2ccc(S(N)(=O)=O)cc2)ccc1N. The van der Waals surface area contributed by atoms with E-state index < -0.39 is 10.0 Å². The van der Waals surface area contributed by atoms with E-state index >= 15 is 0 Å². The number of nitrogens with zero attached hydrogens (tertiary/aromatic N) is 1. The average molecular weight is 318 g/mol. The fraction of sp³-hybridized carbons (Fsp3) is 0.133. The van der Waals surface area contributed by atoms with Crippen LogP contribution in [0.5, 0.6) is 0 Å². The maximum absolute atomic E-state index is 11.2. The van der Waals surface area contributed by atoms with Crippen molar-refractivity contribution in [1.82, 2.24) is 0 Å². The first kappa shape index (κ1) is 16.0. The van der Waals surface area contributed by atoms with Gasteiger partial charge in [0.15, 0.2) is 0 Å². The molecule has 2 aromatic carbocycles. The number of nitrogens with two attached hydrogens (primary N) is 2. The van der Waals surface area contributed by atoms with Crippen molar-refractivity contribution in [3.8, 4) is 0 Å². The van der Waals surface area contributed by atoms with Gasteiger partial charge in [-0.15, -0.1) is 0 Å². The maximum Gasteiger partial charge on any atom is 0.238 e. The first-order valence-corrected chi connectivity index (χ1v) is 8.25. The van der Waals surface area contributed by atoms with E-state index in [4.69, 9.17) is 10.9 Å². The minimum atomic E-state index is -3.68. The fourth-order valence-corrected chi connectivity index (χ4v) is 2.38. The lowest BCUT2D eigenvalue weighted by Gasteiger charge is -2.07. The summed E-state index contributed by atoms with van der Waals surface area (Å²) in [5.41, 5.74) is 8.92. The Bertz CT molecular complexity index is 784. The van der Waals surface area contributed by atoms with E-state index in [1.807, 2.05) is 25.1 Å². The molecule has 0 spiro atoms. The number of nitrogens with one attached hydrogen (secondary N) is 1. The number of sulfonamides is 1. The molecule has 0 fully saturated rings. The molecular formula is C15H18N4O2S. The van der Waals surface area contributed by atoms with Gasteiger partial charge in [0.05, 0.1) is 22.0 Å². The first-order chi connectivity index (χ1) is 10.4. The second kappa shape index (κ2) is 6.59. The van der Waals surface area contributed by atoms with E-state index in [9.17, 15) is 8.42 Å². The summed E-state index contributed by atoms with van der Waals surface area (Å²) in [7, 11) is -3.68. The van der Waals surface area contributed by atoms with E-state index in [-0.39, 0.29) is 4.90 Å². The van der Waals surface area contributed by atoms with Crippen LogP contribution < -0.4 is 16.2 Å². The summed E-state index contributed by atoms with van der Waals surface area (Å²) < 4.78 is 22.4. The van der Waals surface area contributed by atoms with Crippen molar-refractivity contribution >= 4 is 33.3 Å². The Morgan fingerprint density at radius 2 is 1.86 bits per heavy atom. The predicted octanol–water partition coefficient (Wildman–Crippen LogP) is 2.10. The summed E-state index contributed by atoms with van der Waals surface area (Å²) in [5.74, 6) is 0. The van der Waals surface area contributed by atoms with Crippen molar-refractivity contribution in [1.29, 1.82) is 0 Å². The van der Waals surface area contributed by atoms with Crippen LogP contribution in [0.15, 0.2) is 52.4 Å². The standard InChI is InChI=1S/C15H18N4O2S/c1-2-18-15-9-11(3-8-14(15)16)10-19-12-4-6-13(7-5-12)22(17,20)21/h3-10,18H,2,16H2,1H3,(H2,17,20,21). The lowest BCUT2D eigenvalue weighted by Crippen LogP contribution is -2.11. The Hall–Kier alpha value is -2.38. The topological polar surface area (TPSA) is 111 Å². The fourth-order valence-electron chi connectivity index (χ4n) is 1.87. The van der Waals surface area contributed by atoms with Gasteiger partial charge in [-0.2, -0.15) is 0 Å². The average Bonchev–Trinajstić information content (AvgIpc) is 2.48. The Morgan fingerprint density at radius 3 is 2.45 bits per heavy atom. The predicted molar refractivity (Wildman–Crippen MR) is 90.1 cm³/mol. The number of hydrogen-bond donors (Lipinski definition) is 3. The molecule has 2 aromatic rings. The molecule has 0 amide bonds. The number of rotatable bonds is 5. The molecule has 0 saturated heterocycles. The third-order valence-corrected chi connectivity index (χ3v) is 3.90. The van der Waals surface area contributed by atoms with Crippen molar-refractivity contribution in [3.05, 3.63) is 48.0 Å². The summed E-state index contributed by atoms with van der Waals surface area (Å²) in [5, 5.41) is 8.22. The summed E-state index contributed by atoms with van der Waals surface area (Å²) in [6.45, 7) is 2.77. The highest BCUT2D eigenvalue weighted by Gasteiger charge is 2.06. The van der Waals surface area contributed by atoms with Crippen LogP contribution in [-0.2, 0) is 10.0 Å². The summed E-state index contributed by atoms with van der Waals surface area (Å²) in [6.07, 6.45) is 1.69. The van der Waals surface area contributed by atoms with Gasteiger partial charge in [0.1, 0.15) is 0 Å². The smallest absolute Gasteiger partial charge is 0.238 e. The number of primary sulfonamides is 1. The van der Waals surface area contributed by atoms with Gasteiger partial charge >= 0.3 is 0 Å². The quantitative estimate of drug-likeness (QED) is 0.579. The van der Waals surface area contributed by atoms with Crippen molar-refractivity contribution in [2.45, 2.75) is 11.8 Å². The molecule has 0 bridgehead atoms. The molecule has 6 nitrogen and oxygen atoms in total. The van der Waals surface area contributed by atoms with Crippen molar-refractivity contribution in [2.75, 3.05) is 17.6 Å². The summed E-state index contributed by atoms with van der Waals surface area (Å²) in [4.78, 5) is 4.36. The summed E-state index contributed by atoms with van der Waals surface area (Å²) in [6, 6.07) is 11.6. The number of hydrogen-bond acceptors (Lipinski definition) is 5. The molecular weight excluding hydrogens is 300 g/mol. The molecule has 0 heterocycles. The molecule has 0 radical (unpaired) electrons. The van der Waals surface area contributed by atoms with Gasteiger partial charge in [0, 0.05) is 12.8 Å². The maximum atomic E-state index is 11.2. The van der Waals surface area contributed by atoms with Gasteiger partial charge in [-0.1, -0.05) is 6.07 Å². The van der Waals surface area contributed by atoms with Crippen LogP contribution in [0.25, 0.3) is 0 Å². The van der Waals surface area contributed by atoms with Gasteiger partial charge in [-0.05, 0) is 48.9 Å². The third-order valence-electron chi connectivity index (χ3n) is 2.97. The van der Waals surface area contributed by atoms with Crippen molar-refractivity contribution in [3.63, 3.8) is 0 Å². The van der Waals surface area contributed by atoms with Crippen LogP contribution in [0.2, 0.25) is 0 Å². The number of anilines is 2. The van der Waals surface area contributed by atoms with Crippen LogP contribution in [0.3, 0.4) is 0 Å². The Morgan fingerprint density at radius 1 is 1.18 bits per heavy atom. The molecule has 2 rings (SSSR count). The van der Waals surface area contributed by atoms with Crippen LogP contribution in [0, 0.1) is 0 Å². The zero-order valence-electron chi connectivity index (χ0n) is 12.2. The van der Waals surface area contributed by atoms with Crippen molar-refractivity contribution in [2.24, 2.45) is 10.1 Å². The number of aliphatic imine (C=N–C) groups is 1. The van der Waals surface area contributed by atoms with Gasteiger partial charge in [0.2, 0.25) is 10.0 Å². The monoisotopic (exact) mass is 318 g/mol. The van der Waals surface area contributed by atoms with Gasteiger partial charge in [-0.3, -0.25) is 4.99 Å². The lowest BCUT2D eigenvalue weighted by atomic mass is 10.2. The molecule has 0 unspecified atom stereocenters. The number of nitrogen functional groups attached to an aromatic ring is 1. The largest absolute Gasteiger partial charge is 0.397 e. The minimum absolute atomic E-state index is 0.0633. The zero-order chi connectivity index (χ0) is 16.2. The minimum Gasteiger partial charge on any atom is -0.397 e. The lowest BCUT2D eigenvalue weighted by molar-refractivity contribution is 0.598. The van der Waals surface area contributed by atoms with Gasteiger partial charge in [0.25, 0.3) is 0 Å². The van der Waals surface area contributed by atoms with E-state index in [2.05, 4.69) is 10.3 Å². The van der Waals surface area contributed by atoms with Gasteiger partial charge < -0.3 is 11.1 Å². The van der Waals surface area contributed by atoms with Crippen LogP contribution in [-0.4, -0.2) is 21.2 Å². The highest BCUT2D eigenvalue weighted by Crippen LogP contribution is 2.20. The molecule has 0 aromatic heterocycles. The van der Waals surface area contributed by atoms with Crippen molar-refractivity contribution < 1.29 is 8.42 Å². The van der Waals surface area contributed by atoms with E-state index in [1.165, 1.54) is 12.1 Å². The molecule has 7 heteroatoms. The summed E-state index contributed by atoms with van der Waals surface area (Å²) >= 11 is 0. The molecule has 0 aliphatic heterocycles. The Balaban J connectivity index is 2.20. The van der Waals surface area contributed by atoms with Crippen LogP contribution in [0.4, 0.5) is 17.1 Å². The Kier molecular flexibility index (Phi) is 4.79. The van der Waals surface area contributed by atoms with E-state index in [1.54, 1.807) is 18.3 Å². The highest BCUT2D eigenvalue weighted by atomic mass is 32.2. The molecule has 0 atom stereocenters. The molecule has 0 aliphatic rings. The molecule has 0 saturated carbocycles. The molecule has 0 aliphatic carbocycles. The normalized spacial score (nSPS) is 11.7.